The van der Waals surface area contributed by atoms with Gasteiger partial charge in [-0.05, 0) is 56.3 Å². The van der Waals surface area contributed by atoms with Crippen LogP contribution in [0.5, 0.6) is 0 Å². The van der Waals surface area contributed by atoms with Gasteiger partial charge in [0.05, 0.1) is 0 Å². The Bertz CT molecular complexity index is 722. The third-order valence-corrected chi connectivity index (χ3v) is 3.45. The smallest absolute Gasteiger partial charge is 0.255 e. The lowest BCUT2D eigenvalue weighted by Gasteiger charge is -2.13. The van der Waals surface area contributed by atoms with Crippen LogP contribution in [0.4, 0.5) is 11.4 Å². The molecule has 0 bridgehead atoms. The highest BCUT2D eigenvalue weighted by atomic mass is 16.2. The Balaban J connectivity index is 2.11. The molecule has 0 spiro atoms. The van der Waals surface area contributed by atoms with Gasteiger partial charge >= 0.3 is 0 Å². The van der Waals surface area contributed by atoms with Gasteiger partial charge in [-0.2, -0.15) is 0 Å². The quantitative estimate of drug-likeness (QED) is 0.888. The molecule has 2 amide bonds. The van der Waals surface area contributed by atoms with Gasteiger partial charge in [0.15, 0.2) is 0 Å². The number of anilines is 2. The normalized spacial score (nSPS) is 10.4. The van der Waals surface area contributed by atoms with Gasteiger partial charge in [0, 0.05) is 42.6 Å². The van der Waals surface area contributed by atoms with E-state index in [1.165, 1.54) is 0 Å². The molecule has 24 heavy (non-hydrogen) atoms. The summed E-state index contributed by atoms with van der Waals surface area (Å²) in [5, 5.41) is 5.66. The molecule has 0 radical (unpaired) electrons. The van der Waals surface area contributed by atoms with Crippen LogP contribution in [0.15, 0.2) is 48.5 Å². The first-order chi connectivity index (χ1) is 11.4. The summed E-state index contributed by atoms with van der Waals surface area (Å²) >= 11 is 0. The molecule has 0 aliphatic rings. The highest BCUT2D eigenvalue weighted by Gasteiger charge is 2.11. The molecule has 5 nitrogen and oxygen atoms in total. The fraction of sp³-hybridized carbons (Fsp3) is 0.263. The predicted molar refractivity (Wildman–Crippen MR) is 97.8 cm³/mol. The monoisotopic (exact) mass is 325 g/mol. The first-order valence-electron chi connectivity index (χ1n) is 7.86. The second kappa shape index (κ2) is 7.64. The van der Waals surface area contributed by atoms with E-state index in [1.54, 1.807) is 24.3 Å². The summed E-state index contributed by atoms with van der Waals surface area (Å²) in [4.78, 5) is 26.4. The lowest BCUT2D eigenvalue weighted by Crippen LogP contribution is -2.30. The molecule has 0 aliphatic heterocycles. The van der Waals surface area contributed by atoms with Crippen LogP contribution in [0.25, 0.3) is 0 Å². The Morgan fingerprint density at radius 2 is 1.50 bits per heavy atom. The van der Waals surface area contributed by atoms with E-state index in [0.717, 1.165) is 5.69 Å². The zero-order chi connectivity index (χ0) is 17.7. The molecule has 0 fully saturated rings. The summed E-state index contributed by atoms with van der Waals surface area (Å²) < 4.78 is 0. The van der Waals surface area contributed by atoms with Crippen molar-refractivity contribution in [1.82, 2.24) is 5.32 Å². The first-order valence-corrected chi connectivity index (χ1v) is 7.86. The number of nitrogens with zero attached hydrogens (tertiary/aromatic N) is 1. The van der Waals surface area contributed by atoms with Crippen LogP contribution in [-0.2, 0) is 0 Å². The van der Waals surface area contributed by atoms with Crippen molar-refractivity contribution in [3.8, 4) is 0 Å². The molecule has 2 aromatic carbocycles. The summed E-state index contributed by atoms with van der Waals surface area (Å²) in [6.07, 6.45) is 0. The molecule has 0 aromatic heterocycles. The van der Waals surface area contributed by atoms with Crippen molar-refractivity contribution in [3.63, 3.8) is 0 Å². The molecule has 0 saturated carbocycles. The molecule has 0 saturated heterocycles. The Labute approximate surface area is 142 Å². The van der Waals surface area contributed by atoms with Gasteiger partial charge in [-0.1, -0.05) is 6.07 Å². The van der Waals surface area contributed by atoms with Gasteiger partial charge in [-0.3, -0.25) is 9.59 Å². The molecule has 0 heterocycles. The average molecular weight is 325 g/mol. The minimum absolute atomic E-state index is 0.0465. The second-order valence-electron chi connectivity index (χ2n) is 6.10. The number of amides is 2. The van der Waals surface area contributed by atoms with Crippen molar-refractivity contribution in [2.24, 2.45) is 0 Å². The Hall–Kier alpha value is -2.82. The van der Waals surface area contributed by atoms with E-state index in [9.17, 15) is 9.59 Å². The number of hydrogen-bond donors (Lipinski definition) is 2. The van der Waals surface area contributed by atoms with Gasteiger partial charge in [-0.25, -0.2) is 0 Å². The maximum atomic E-state index is 12.4. The van der Waals surface area contributed by atoms with Crippen molar-refractivity contribution in [3.05, 3.63) is 59.7 Å². The van der Waals surface area contributed by atoms with E-state index in [0.29, 0.717) is 16.8 Å². The maximum Gasteiger partial charge on any atom is 0.255 e. The van der Waals surface area contributed by atoms with E-state index in [4.69, 9.17) is 0 Å². The molecular weight excluding hydrogens is 302 g/mol. The summed E-state index contributed by atoms with van der Waals surface area (Å²) in [6.45, 7) is 3.79. The van der Waals surface area contributed by atoms with Crippen molar-refractivity contribution < 1.29 is 9.59 Å². The molecule has 5 heteroatoms. The lowest BCUT2D eigenvalue weighted by atomic mass is 10.1. The van der Waals surface area contributed by atoms with Crippen LogP contribution in [0.1, 0.15) is 34.6 Å². The molecule has 126 valence electrons. The average Bonchev–Trinajstić information content (AvgIpc) is 2.54. The fourth-order valence-electron chi connectivity index (χ4n) is 2.19. The second-order valence-corrected chi connectivity index (χ2v) is 6.10. The number of rotatable bonds is 5. The van der Waals surface area contributed by atoms with E-state index in [-0.39, 0.29) is 17.9 Å². The highest BCUT2D eigenvalue weighted by molar-refractivity contribution is 6.06. The van der Waals surface area contributed by atoms with Crippen molar-refractivity contribution in [2.75, 3.05) is 24.3 Å². The van der Waals surface area contributed by atoms with Crippen LogP contribution in [0.3, 0.4) is 0 Å². The van der Waals surface area contributed by atoms with Gasteiger partial charge in [0.25, 0.3) is 11.8 Å². The van der Waals surface area contributed by atoms with Gasteiger partial charge < -0.3 is 15.5 Å². The summed E-state index contributed by atoms with van der Waals surface area (Å²) in [5.41, 5.74) is 2.69. The number of benzene rings is 2. The number of carbonyl (C=O) groups is 2. The lowest BCUT2D eigenvalue weighted by molar-refractivity contribution is 0.0943. The molecule has 2 aromatic rings. The summed E-state index contributed by atoms with van der Waals surface area (Å²) in [7, 11) is 3.92. The highest BCUT2D eigenvalue weighted by Crippen LogP contribution is 2.16. The van der Waals surface area contributed by atoms with Gasteiger partial charge in [0.2, 0.25) is 0 Å². The Morgan fingerprint density at radius 1 is 0.917 bits per heavy atom. The Morgan fingerprint density at radius 3 is 2.04 bits per heavy atom. The predicted octanol–water partition coefficient (Wildman–Crippen LogP) is 3.14. The number of hydrogen-bond acceptors (Lipinski definition) is 3. The first kappa shape index (κ1) is 17.5. The molecule has 0 aliphatic carbocycles. The van der Waals surface area contributed by atoms with E-state index in [2.05, 4.69) is 10.6 Å². The van der Waals surface area contributed by atoms with Crippen LogP contribution < -0.4 is 15.5 Å². The topological polar surface area (TPSA) is 61.4 Å². The molecule has 0 unspecified atom stereocenters. The molecule has 2 rings (SSSR count). The number of carbonyl (C=O) groups excluding carboxylic acids is 2. The van der Waals surface area contributed by atoms with E-state index >= 15 is 0 Å². The third-order valence-electron chi connectivity index (χ3n) is 3.45. The summed E-state index contributed by atoms with van der Waals surface area (Å²) in [6, 6.07) is 14.3. The van der Waals surface area contributed by atoms with Crippen LogP contribution >= 0.6 is 0 Å². The zero-order valence-corrected chi connectivity index (χ0v) is 14.5. The Kier molecular flexibility index (Phi) is 5.58. The standard InChI is InChI=1S/C19H23N3O2/c1-13(2)20-18(23)14-6-5-7-15(12-14)19(24)21-16-8-10-17(11-9-16)22(3)4/h5-13H,1-4H3,(H,20,23)(H,21,24). The van der Waals surface area contributed by atoms with Crippen molar-refractivity contribution in [2.45, 2.75) is 19.9 Å². The largest absolute Gasteiger partial charge is 0.378 e. The van der Waals surface area contributed by atoms with E-state index < -0.39 is 0 Å². The van der Waals surface area contributed by atoms with Crippen LogP contribution in [0.2, 0.25) is 0 Å². The minimum atomic E-state index is -0.244. The van der Waals surface area contributed by atoms with E-state index in [1.807, 2.05) is 57.1 Å². The van der Waals surface area contributed by atoms with Gasteiger partial charge in [-0.15, -0.1) is 0 Å². The zero-order valence-electron chi connectivity index (χ0n) is 14.5. The number of nitrogens with one attached hydrogen (secondary N) is 2. The van der Waals surface area contributed by atoms with Crippen molar-refractivity contribution in [1.29, 1.82) is 0 Å². The van der Waals surface area contributed by atoms with Gasteiger partial charge in [0.1, 0.15) is 0 Å². The summed E-state index contributed by atoms with van der Waals surface area (Å²) in [5.74, 6) is -0.429. The molecule has 0 atom stereocenters. The van der Waals surface area contributed by atoms with Crippen molar-refractivity contribution >= 4 is 23.2 Å². The van der Waals surface area contributed by atoms with Crippen LogP contribution in [0, 0.1) is 0 Å². The SMILES string of the molecule is CC(C)NC(=O)c1cccc(C(=O)Nc2ccc(N(C)C)cc2)c1. The third kappa shape index (κ3) is 4.59. The molecule has 2 N–H and O–H groups in total. The maximum absolute atomic E-state index is 12.4. The van der Waals surface area contributed by atoms with Crippen LogP contribution in [-0.4, -0.2) is 32.0 Å². The molecular formula is C19H23N3O2. The minimum Gasteiger partial charge on any atom is -0.378 e. The fourth-order valence-corrected chi connectivity index (χ4v) is 2.19.